The second-order valence-electron chi connectivity index (χ2n) is 3.21. The maximum absolute atomic E-state index is 9.25. The summed E-state index contributed by atoms with van der Waals surface area (Å²) in [5.74, 6) is -0.981. The Bertz CT molecular complexity index is 464. The van der Waals surface area contributed by atoms with Crippen LogP contribution in [0.5, 0.6) is 0 Å². The van der Waals surface area contributed by atoms with Gasteiger partial charge in [-0.1, -0.05) is 25.3 Å². The number of hydrogen-bond donors (Lipinski definition) is 1. The van der Waals surface area contributed by atoms with Crippen molar-refractivity contribution in [3.63, 3.8) is 0 Å². The van der Waals surface area contributed by atoms with Crippen LogP contribution in [0, 0.1) is 22.7 Å². The fourth-order valence-corrected chi connectivity index (χ4v) is 1.11. The summed E-state index contributed by atoms with van der Waals surface area (Å²) in [7, 11) is 0. The predicted molar refractivity (Wildman–Crippen MR) is 78.2 cm³/mol. The third-order valence-electron chi connectivity index (χ3n) is 1.89. The minimum atomic E-state index is -0.981. The Hall–Kier alpha value is -3.05. The largest absolute Gasteiger partial charge is 0.478 e. The van der Waals surface area contributed by atoms with Crippen LogP contribution in [0.2, 0.25) is 0 Å². The molecule has 0 rings (SSSR count). The first-order chi connectivity index (χ1) is 9.51. The topological polar surface area (TPSA) is 88.1 Å². The van der Waals surface area contributed by atoms with E-state index in [9.17, 15) is 4.79 Å². The third-order valence-corrected chi connectivity index (χ3v) is 1.89. The molecule has 0 saturated carbocycles. The van der Waals surface area contributed by atoms with E-state index in [0.29, 0.717) is 18.8 Å². The molecule has 0 spiro atoms. The number of aliphatic carboxylic acids is 1. The highest BCUT2D eigenvalue weighted by atomic mass is 16.4. The van der Waals surface area contributed by atoms with Gasteiger partial charge in [-0.2, -0.15) is 10.5 Å². The van der Waals surface area contributed by atoms with Crippen molar-refractivity contribution in [3.05, 3.63) is 61.9 Å². The van der Waals surface area contributed by atoms with Gasteiger partial charge in [0.2, 0.25) is 0 Å². The minimum Gasteiger partial charge on any atom is -0.478 e. The normalized spacial score (nSPS) is 7.50. The second kappa shape index (κ2) is 12.4. The van der Waals surface area contributed by atoms with Crippen molar-refractivity contribution in [2.24, 2.45) is 0 Å². The van der Waals surface area contributed by atoms with Gasteiger partial charge in [-0.25, -0.2) is 4.79 Å². The van der Waals surface area contributed by atoms with Crippen molar-refractivity contribution in [2.75, 3.05) is 13.1 Å². The van der Waals surface area contributed by atoms with Crippen LogP contribution in [-0.4, -0.2) is 29.1 Å². The summed E-state index contributed by atoms with van der Waals surface area (Å²) in [6.07, 6.45) is 5.72. The van der Waals surface area contributed by atoms with E-state index in [1.807, 2.05) is 12.1 Å². The van der Waals surface area contributed by atoms with E-state index in [1.54, 1.807) is 17.1 Å². The van der Waals surface area contributed by atoms with Crippen molar-refractivity contribution in [1.29, 1.82) is 10.5 Å². The Balaban J connectivity index is 0. The van der Waals surface area contributed by atoms with Crippen molar-refractivity contribution >= 4 is 5.97 Å². The summed E-state index contributed by atoms with van der Waals surface area (Å²) >= 11 is 0. The summed E-state index contributed by atoms with van der Waals surface area (Å²) in [4.78, 5) is 11.1. The van der Waals surface area contributed by atoms with Crippen LogP contribution in [0.3, 0.4) is 0 Å². The lowest BCUT2D eigenvalue weighted by Crippen LogP contribution is -2.23. The maximum atomic E-state index is 9.25. The molecule has 5 heteroatoms. The number of nitrogens with zero attached hydrogens (tertiary/aromatic N) is 3. The number of allylic oxidation sites excluding steroid dienone is 2. The van der Waals surface area contributed by atoms with Gasteiger partial charge in [0.05, 0.1) is 5.70 Å². The molecule has 0 aromatic carbocycles. The third kappa shape index (κ3) is 8.10. The molecule has 0 aromatic heterocycles. The van der Waals surface area contributed by atoms with Gasteiger partial charge in [-0.15, -0.1) is 13.2 Å². The second-order valence-corrected chi connectivity index (χ2v) is 3.21. The van der Waals surface area contributed by atoms with E-state index in [4.69, 9.17) is 15.6 Å². The molecule has 0 amide bonds. The van der Waals surface area contributed by atoms with Crippen LogP contribution in [0.25, 0.3) is 0 Å². The summed E-state index contributed by atoms with van der Waals surface area (Å²) in [6, 6.07) is 3.67. The Kier molecular flexibility index (Phi) is 12.0. The lowest BCUT2D eigenvalue weighted by atomic mass is 10.2. The first-order valence-corrected chi connectivity index (χ1v) is 5.51. The first-order valence-electron chi connectivity index (χ1n) is 5.51. The molecule has 0 bridgehead atoms. The van der Waals surface area contributed by atoms with E-state index in [1.165, 1.54) is 6.08 Å². The summed E-state index contributed by atoms with van der Waals surface area (Å²) in [5, 5.41) is 25.1. The quantitative estimate of drug-likeness (QED) is 0.332. The molecule has 0 fully saturated rings. The zero-order chi connectivity index (χ0) is 16.0. The van der Waals surface area contributed by atoms with Crippen LogP contribution < -0.4 is 0 Å². The smallest absolute Gasteiger partial charge is 0.327 e. The number of nitriles is 2. The van der Waals surface area contributed by atoms with Crippen molar-refractivity contribution in [3.8, 4) is 12.1 Å². The Morgan fingerprint density at radius 3 is 1.65 bits per heavy atom. The van der Waals surface area contributed by atoms with Crippen LogP contribution >= 0.6 is 0 Å². The molecule has 20 heavy (non-hydrogen) atoms. The van der Waals surface area contributed by atoms with Gasteiger partial charge in [0.15, 0.2) is 5.57 Å². The molecule has 0 heterocycles. The summed E-state index contributed by atoms with van der Waals surface area (Å²) < 4.78 is 0. The van der Waals surface area contributed by atoms with Crippen LogP contribution in [0.4, 0.5) is 0 Å². The molecule has 0 atom stereocenters. The van der Waals surface area contributed by atoms with Gasteiger partial charge in [0.25, 0.3) is 0 Å². The highest BCUT2D eigenvalue weighted by molar-refractivity contribution is 5.78. The monoisotopic (exact) mass is 271 g/mol. The molecule has 1 N–H and O–H groups in total. The molecule has 0 unspecified atom stereocenters. The van der Waals surface area contributed by atoms with E-state index >= 15 is 0 Å². The highest BCUT2D eigenvalue weighted by Gasteiger charge is 2.09. The van der Waals surface area contributed by atoms with Gasteiger partial charge in [-0.3, -0.25) is 0 Å². The Labute approximate surface area is 119 Å². The minimum absolute atomic E-state index is 0.0497. The van der Waals surface area contributed by atoms with Crippen LogP contribution in [-0.2, 0) is 4.79 Å². The van der Waals surface area contributed by atoms with Gasteiger partial charge in [-0.05, 0) is 6.08 Å². The van der Waals surface area contributed by atoms with Gasteiger partial charge in [0.1, 0.15) is 12.1 Å². The lowest BCUT2D eigenvalue weighted by molar-refractivity contribution is -0.131. The highest BCUT2D eigenvalue weighted by Crippen LogP contribution is 2.11. The van der Waals surface area contributed by atoms with Crippen molar-refractivity contribution in [2.45, 2.75) is 0 Å². The van der Waals surface area contributed by atoms with Gasteiger partial charge >= 0.3 is 5.97 Å². The van der Waals surface area contributed by atoms with Crippen molar-refractivity contribution < 1.29 is 9.90 Å². The fourth-order valence-electron chi connectivity index (χ4n) is 1.11. The Morgan fingerprint density at radius 1 is 1.05 bits per heavy atom. The molecule has 104 valence electrons. The van der Waals surface area contributed by atoms with E-state index in [0.717, 1.165) is 6.08 Å². The number of carbonyl (C=O) groups is 1. The molecule has 0 aromatic rings. The molecule has 5 nitrogen and oxygen atoms in total. The molecule has 0 aliphatic rings. The molecule has 0 saturated heterocycles. The first kappa shape index (κ1) is 19.3. The number of hydrogen-bond acceptors (Lipinski definition) is 4. The zero-order valence-corrected chi connectivity index (χ0v) is 11.2. The number of rotatable bonds is 7. The van der Waals surface area contributed by atoms with Gasteiger partial charge < -0.3 is 10.0 Å². The Morgan fingerprint density at radius 2 is 1.45 bits per heavy atom. The zero-order valence-electron chi connectivity index (χ0n) is 11.2. The molecule has 0 aliphatic carbocycles. The van der Waals surface area contributed by atoms with Crippen LogP contribution in [0.15, 0.2) is 61.9 Å². The maximum Gasteiger partial charge on any atom is 0.327 e. The lowest BCUT2D eigenvalue weighted by Gasteiger charge is -2.22. The van der Waals surface area contributed by atoms with Crippen molar-refractivity contribution in [1.82, 2.24) is 4.90 Å². The standard InChI is InChI=1S/C12H13N3.C3H4O2/c1-4-7-15(8-5-2)12(6-3)11(9-13)10-14;1-2-3(4)5/h4-6H,1-3,7-8H2;2H,1H2,(H,4,5). The molecular formula is C15H17N3O2. The number of carboxylic acid groups (broad SMARTS) is 1. The van der Waals surface area contributed by atoms with E-state index < -0.39 is 5.97 Å². The van der Waals surface area contributed by atoms with E-state index in [-0.39, 0.29) is 5.57 Å². The fraction of sp³-hybridized carbons (Fsp3) is 0.133. The summed E-state index contributed by atoms with van der Waals surface area (Å²) in [5.41, 5.74) is 0.563. The number of carboxylic acids is 1. The predicted octanol–water partition coefficient (Wildman–Crippen LogP) is 2.40. The average molecular weight is 271 g/mol. The summed E-state index contributed by atoms with van der Waals surface area (Å²) in [6.45, 7) is 14.9. The SMILES string of the molecule is C=CC(=O)O.C=CCN(CC=C)C(C=C)=C(C#N)C#N. The van der Waals surface area contributed by atoms with E-state index in [2.05, 4.69) is 26.3 Å². The van der Waals surface area contributed by atoms with Crippen LogP contribution in [0.1, 0.15) is 0 Å². The average Bonchev–Trinajstić information content (AvgIpc) is 2.45. The molecule has 0 radical (unpaired) electrons. The van der Waals surface area contributed by atoms with Gasteiger partial charge in [0, 0.05) is 19.2 Å². The molecule has 0 aliphatic heterocycles. The molecular weight excluding hydrogens is 254 g/mol.